The summed E-state index contributed by atoms with van der Waals surface area (Å²) in [5, 5.41) is 11.0. The minimum absolute atomic E-state index is 0.0965. The predicted octanol–water partition coefficient (Wildman–Crippen LogP) is 2.59. The summed E-state index contributed by atoms with van der Waals surface area (Å²) in [7, 11) is 0. The van der Waals surface area contributed by atoms with Crippen molar-refractivity contribution in [2.24, 2.45) is 11.8 Å². The first-order valence-electron chi connectivity index (χ1n) is 11.6. The number of hydrogen-bond acceptors (Lipinski definition) is 10. The highest BCUT2D eigenvalue weighted by Crippen LogP contribution is 2.50. The van der Waals surface area contributed by atoms with Gasteiger partial charge in [0.1, 0.15) is 11.6 Å². The molecule has 1 saturated carbocycles. The molecule has 0 spiro atoms. The second-order valence-electron chi connectivity index (χ2n) is 8.56. The minimum Gasteiger partial charge on any atom is -0.448 e. The minimum atomic E-state index is -0.575. The van der Waals surface area contributed by atoms with Gasteiger partial charge in [-0.05, 0) is 32.9 Å². The van der Waals surface area contributed by atoms with Crippen LogP contribution < -0.4 is 15.5 Å². The van der Waals surface area contributed by atoms with Gasteiger partial charge in [-0.15, -0.1) is 4.68 Å². The molecule has 3 aromatic rings. The van der Waals surface area contributed by atoms with Crippen LogP contribution in [-0.2, 0) is 4.74 Å². The number of thiol groups is 1. The summed E-state index contributed by atoms with van der Waals surface area (Å²) < 4.78 is 7.81. The summed E-state index contributed by atoms with van der Waals surface area (Å²) in [5.74, 6) is 2.10. The van der Waals surface area contributed by atoms with Crippen LogP contribution in [0.4, 0.5) is 27.2 Å². The maximum Gasteiger partial charge on any atom is 0.436 e. The molecule has 184 valence electrons. The Balaban J connectivity index is 1.40. The maximum atomic E-state index is 12.4. The fourth-order valence-electron chi connectivity index (χ4n) is 4.61. The summed E-state index contributed by atoms with van der Waals surface area (Å²) in [5.41, 5.74) is 1.19. The van der Waals surface area contributed by atoms with Gasteiger partial charge in [0.25, 0.3) is 0 Å². The van der Waals surface area contributed by atoms with E-state index in [0.717, 1.165) is 0 Å². The number of urea groups is 1. The highest BCUT2D eigenvalue weighted by Gasteiger charge is 2.59. The van der Waals surface area contributed by atoms with E-state index in [0.29, 0.717) is 65.8 Å². The third-order valence-electron chi connectivity index (χ3n) is 6.23. The topological polar surface area (TPSA) is 130 Å². The molecule has 1 unspecified atom stereocenters. The maximum absolute atomic E-state index is 12.4. The van der Waals surface area contributed by atoms with E-state index in [1.54, 1.807) is 26.1 Å². The first-order chi connectivity index (χ1) is 16.9. The molecule has 0 radical (unpaired) electrons. The number of aryl methyl sites for hydroxylation is 1. The standard InChI is InChI=1S/C22H27N9O3S/c1-4-23-21(32)31(35)17-14-10-29(11-15(14)17)20-26-18-13(7-6-8-24-18)19(27-20)25-16-9-12(3)28-30(16)22(33)34-5-2/h6-9,14-15,17,35H,4-5,10-11H2,1-3H3,(H,23,32)(H,24,25,26,27)/t14-,15+,17?. The van der Waals surface area contributed by atoms with Crippen molar-refractivity contribution in [1.29, 1.82) is 0 Å². The van der Waals surface area contributed by atoms with Crippen molar-refractivity contribution >= 4 is 53.6 Å². The summed E-state index contributed by atoms with van der Waals surface area (Å²) in [6.45, 7) is 7.64. The third-order valence-corrected chi connectivity index (χ3v) is 6.68. The monoisotopic (exact) mass is 497 g/mol. The number of nitrogens with one attached hydrogen (secondary N) is 2. The van der Waals surface area contributed by atoms with Crippen LogP contribution in [0.2, 0.25) is 0 Å². The molecule has 35 heavy (non-hydrogen) atoms. The number of piperidine rings is 1. The van der Waals surface area contributed by atoms with Crippen molar-refractivity contribution in [3.8, 4) is 0 Å². The van der Waals surface area contributed by atoms with Crippen LogP contribution >= 0.6 is 12.8 Å². The first-order valence-corrected chi connectivity index (χ1v) is 12.0. The van der Waals surface area contributed by atoms with Crippen molar-refractivity contribution < 1.29 is 14.3 Å². The van der Waals surface area contributed by atoms with Gasteiger partial charge in [0.2, 0.25) is 5.95 Å². The van der Waals surface area contributed by atoms with Gasteiger partial charge in [0, 0.05) is 43.7 Å². The van der Waals surface area contributed by atoms with Crippen molar-refractivity contribution in [3.63, 3.8) is 0 Å². The van der Waals surface area contributed by atoms with Crippen LogP contribution in [-0.4, -0.2) is 73.4 Å². The number of carbonyl (C=O) groups is 2. The summed E-state index contributed by atoms with van der Waals surface area (Å²) in [6.07, 6.45) is 1.10. The lowest BCUT2D eigenvalue weighted by Crippen LogP contribution is -2.39. The number of rotatable bonds is 6. The quantitative estimate of drug-likeness (QED) is 0.440. The smallest absolute Gasteiger partial charge is 0.436 e. The number of nitrogens with zero attached hydrogens (tertiary/aromatic N) is 7. The molecule has 1 aliphatic heterocycles. The van der Waals surface area contributed by atoms with Gasteiger partial charge < -0.3 is 20.3 Å². The molecular formula is C22H27N9O3S. The number of ether oxygens (including phenoxy) is 1. The SMILES string of the molecule is CCNC(=O)N(S)C1[C@H]2CN(c3nc(Nc4cc(C)nn4C(=O)OCC)c4cccnc4n3)C[C@@H]12. The number of amides is 2. The van der Waals surface area contributed by atoms with Crippen LogP contribution in [0.3, 0.4) is 0 Å². The molecule has 2 amide bonds. The zero-order valence-corrected chi connectivity index (χ0v) is 20.6. The molecule has 2 N–H and O–H groups in total. The van der Waals surface area contributed by atoms with E-state index in [2.05, 4.69) is 43.4 Å². The van der Waals surface area contributed by atoms with E-state index < -0.39 is 6.09 Å². The van der Waals surface area contributed by atoms with Gasteiger partial charge in [0.05, 0.1) is 23.7 Å². The van der Waals surface area contributed by atoms with E-state index in [9.17, 15) is 9.59 Å². The molecule has 4 heterocycles. The lowest BCUT2D eigenvalue weighted by atomic mass is 10.3. The van der Waals surface area contributed by atoms with Gasteiger partial charge in [-0.1, -0.05) is 12.8 Å². The molecular weight excluding hydrogens is 470 g/mol. The van der Waals surface area contributed by atoms with E-state index in [-0.39, 0.29) is 18.7 Å². The van der Waals surface area contributed by atoms with Gasteiger partial charge in [-0.3, -0.25) is 4.31 Å². The van der Waals surface area contributed by atoms with E-state index in [1.807, 2.05) is 19.1 Å². The number of aromatic nitrogens is 5. The number of pyridine rings is 1. The first kappa shape index (κ1) is 23.1. The van der Waals surface area contributed by atoms with Crippen LogP contribution in [0.25, 0.3) is 11.0 Å². The lowest BCUT2D eigenvalue weighted by Gasteiger charge is -2.24. The number of carbonyl (C=O) groups excluding carboxylic acids is 2. The Morgan fingerprint density at radius 2 is 2.03 bits per heavy atom. The Hall–Kier alpha value is -3.61. The zero-order valence-electron chi connectivity index (χ0n) is 19.7. The van der Waals surface area contributed by atoms with Crippen molar-refractivity contribution in [2.45, 2.75) is 26.8 Å². The summed E-state index contributed by atoms with van der Waals surface area (Å²) in [6, 6.07) is 5.35. The van der Waals surface area contributed by atoms with E-state index in [1.165, 1.54) is 8.99 Å². The highest BCUT2D eigenvalue weighted by atomic mass is 32.1. The average molecular weight is 498 g/mol. The van der Waals surface area contributed by atoms with Crippen LogP contribution in [0.1, 0.15) is 19.5 Å². The second-order valence-corrected chi connectivity index (χ2v) is 8.99. The van der Waals surface area contributed by atoms with Gasteiger partial charge >= 0.3 is 12.1 Å². The molecule has 3 atom stereocenters. The Kier molecular flexibility index (Phi) is 6.09. The molecule has 2 aliphatic rings. The molecule has 1 aliphatic carbocycles. The zero-order chi connectivity index (χ0) is 24.7. The number of hydrogen-bond donors (Lipinski definition) is 3. The van der Waals surface area contributed by atoms with Crippen molar-refractivity contribution in [1.82, 2.24) is 34.4 Å². The number of fused-ring (bicyclic) bond motifs is 2. The van der Waals surface area contributed by atoms with Crippen LogP contribution in [0.15, 0.2) is 24.4 Å². The molecule has 13 heteroatoms. The molecule has 1 saturated heterocycles. The summed E-state index contributed by atoms with van der Waals surface area (Å²) >= 11 is 4.41. The van der Waals surface area contributed by atoms with Crippen molar-refractivity contribution in [2.75, 3.05) is 36.5 Å². The third kappa shape index (κ3) is 4.31. The van der Waals surface area contributed by atoms with Crippen LogP contribution in [0, 0.1) is 18.8 Å². The fraction of sp³-hybridized carbons (Fsp3) is 0.455. The molecule has 0 aromatic carbocycles. The van der Waals surface area contributed by atoms with Gasteiger partial charge in [-0.25, -0.2) is 14.6 Å². The Morgan fingerprint density at radius 3 is 2.74 bits per heavy atom. The fourth-order valence-corrected chi connectivity index (χ4v) is 5.02. The predicted molar refractivity (Wildman–Crippen MR) is 133 cm³/mol. The molecule has 2 fully saturated rings. The van der Waals surface area contributed by atoms with Crippen molar-refractivity contribution in [3.05, 3.63) is 30.1 Å². The summed E-state index contributed by atoms with van der Waals surface area (Å²) in [4.78, 5) is 40.5. The highest BCUT2D eigenvalue weighted by molar-refractivity contribution is 7.78. The molecule has 0 bridgehead atoms. The normalized spacial score (nSPS) is 20.5. The average Bonchev–Trinajstić information content (AvgIpc) is 3.14. The Morgan fingerprint density at radius 1 is 1.26 bits per heavy atom. The molecule has 5 rings (SSSR count). The lowest BCUT2D eigenvalue weighted by molar-refractivity contribution is 0.151. The van der Waals surface area contributed by atoms with E-state index in [4.69, 9.17) is 9.72 Å². The number of anilines is 3. The second kappa shape index (κ2) is 9.21. The van der Waals surface area contributed by atoms with Gasteiger partial charge in [0.15, 0.2) is 5.65 Å². The Labute approximate surface area is 207 Å². The van der Waals surface area contributed by atoms with E-state index >= 15 is 0 Å². The molecule has 12 nitrogen and oxygen atoms in total. The van der Waals surface area contributed by atoms with Gasteiger partial charge in [-0.2, -0.15) is 15.1 Å². The molecule has 3 aromatic heterocycles. The largest absolute Gasteiger partial charge is 0.448 e. The Bertz CT molecular complexity index is 1270. The van der Waals surface area contributed by atoms with Crippen LogP contribution in [0.5, 0.6) is 0 Å².